The molecule has 0 saturated carbocycles. The molecule has 0 N–H and O–H groups in total. The van der Waals surface area contributed by atoms with Crippen molar-refractivity contribution in [2.75, 3.05) is 0 Å². The quantitative estimate of drug-likeness (QED) is 0.0203. The minimum Gasteiger partial charge on any atom is -0.132 e. The highest BCUT2D eigenvalue weighted by molar-refractivity contribution is 7.17. The van der Waals surface area contributed by atoms with Crippen molar-refractivity contribution in [2.24, 2.45) is 0 Å². The van der Waals surface area contributed by atoms with Gasteiger partial charge in [0.05, 0.1) is 28.2 Å². The van der Waals surface area contributed by atoms with E-state index in [-0.39, 0.29) is 0 Å². The fourth-order valence-electron chi connectivity index (χ4n) is 13.8. The molecule has 0 amide bonds. The first kappa shape index (κ1) is 82.3. The SMILES string of the molecule is CCCCCCCCCCCCc1cc(C)sc1C#Cc1ccc(C#Cc2sc(C)cc2CCCCCCCCCCCC)cc1.CCCCCCCCCCCCc1cc(Cl)sc1C#Cc1c2ccccc2c(C#Cc2sc(Cl)cc2CCCCCCCCCCCC)c2ccccc12. The topological polar surface area (TPSA) is 0 Å². The molecular weight excluding hydrogens is 1330 g/mol. The molecule has 0 saturated heterocycles. The van der Waals surface area contributed by atoms with Crippen LogP contribution >= 0.6 is 68.5 Å². The Morgan fingerprint density at radius 3 is 0.730 bits per heavy atom. The maximum Gasteiger partial charge on any atom is 0.0944 e. The van der Waals surface area contributed by atoms with E-state index < -0.39 is 0 Å². The third-order valence-electron chi connectivity index (χ3n) is 19.7. The van der Waals surface area contributed by atoms with Gasteiger partial charge in [-0.1, -0.05) is 378 Å². The van der Waals surface area contributed by atoms with E-state index in [0.717, 1.165) is 87.9 Å². The Labute approximate surface area is 635 Å². The summed E-state index contributed by atoms with van der Waals surface area (Å²) in [6.07, 6.45) is 58.8. The zero-order chi connectivity index (χ0) is 70.5. The van der Waals surface area contributed by atoms with Crippen LogP contribution in [0.4, 0.5) is 0 Å². The van der Waals surface area contributed by atoms with Crippen molar-refractivity contribution in [3.8, 4) is 47.4 Å². The van der Waals surface area contributed by atoms with Gasteiger partial charge in [0, 0.05) is 32.0 Å². The van der Waals surface area contributed by atoms with Crippen LogP contribution < -0.4 is 0 Å². The maximum atomic E-state index is 6.59. The Morgan fingerprint density at radius 2 is 0.470 bits per heavy atom. The van der Waals surface area contributed by atoms with Crippen molar-refractivity contribution in [1.82, 2.24) is 0 Å². The minimum absolute atomic E-state index is 0.822. The van der Waals surface area contributed by atoms with Crippen LogP contribution in [-0.2, 0) is 25.7 Å². The lowest BCUT2D eigenvalue weighted by atomic mass is 9.92. The van der Waals surface area contributed by atoms with Crippen molar-refractivity contribution in [1.29, 1.82) is 0 Å². The summed E-state index contributed by atoms with van der Waals surface area (Å²) in [6.45, 7) is 13.6. The lowest BCUT2D eigenvalue weighted by Gasteiger charge is -2.10. The molecule has 4 aromatic carbocycles. The Kier molecular flexibility index (Phi) is 41.5. The van der Waals surface area contributed by atoms with E-state index in [2.05, 4.69) is 186 Å². The van der Waals surface area contributed by atoms with Gasteiger partial charge in [-0.3, -0.25) is 0 Å². The Hall–Kier alpha value is -4.98. The molecule has 0 radical (unpaired) electrons. The van der Waals surface area contributed by atoms with E-state index in [1.807, 2.05) is 22.7 Å². The Balaban J connectivity index is 0.000000285. The van der Waals surface area contributed by atoms with Crippen LogP contribution in [0.5, 0.6) is 0 Å². The van der Waals surface area contributed by atoms with E-state index in [4.69, 9.17) is 23.2 Å². The second-order valence-electron chi connectivity index (χ2n) is 28.4. The summed E-state index contributed by atoms with van der Waals surface area (Å²) in [4.78, 5) is 7.43. The lowest BCUT2D eigenvalue weighted by molar-refractivity contribution is 0.556. The average Bonchev–Trinajstić information content (AvgIpc) is 0.911. The van der Waals surface area contributed by atoms with Crippen LogP contribution in [0.2, 0.25) is 8.67 Å². The molecule has 0 spiro atoms. The maximum absolute atomic E-state index is 6.59. The Morgan fingerprint density at radius 1 is 0.250 bits per heavy atom. The first-order chi connectivity index (χ1) is 49.2. The van der Waals surface area contributed by atoms with Gasteiger partial charge in [0.15, 0.2) is 0 Å². The van der Waals surface area contributed by atoms with Crippen molar-refractivity contribution in [3.63, 3.8) is 0 Å². The van der Waals surface area contributed by atoms with E-state index in [9.17, 15) is 0 Å². The number of rotatable bonds is 44. The lowest BCUT2D eigenvalue weighted by Crippen LogP contribution is -1.91. The number of hydrogen-bond acceptors (Lipinski definition) is 4. The van der Waals surface area contributed by atoms with E-state index >= 15 is 0 Å². The molecule has 6 heteroatoms. The van der Waals surface area contributed by atoms with Gasteiger partial charge in [0.2, 0.25) is 0 Å². The summed E-state index contributed by atoms with van der Waals surface area (Å²) in [7, 11) is 0. The highest BCUT2D eigenvalue weighted by Crippen LogP contribution is 2.35. The van der Waals surface area contributed by atoms with Gasteiger partial charge in [0.25, 0.3) is 0 Å². The minimum atomic E-state index is 0.822. The van der Waals surface area contributed by atoms with Gasteiger partial charge in [0.1, 0.15) is 0 Å². The number of thiophene rings is 4. The third-order valence-corrected chi connectivity index (χ3v) is 24.1. The number of aryl methyl sites for hydroxylation is 6. The molecule has 4 aromatic heterocycles. The molecule has 8 aromatic rings. The number of hydrogen-bond donors (Lipinski definition) is 0. The summed E-state index contributed by atoms with van der Waals surface area (Å²) in [6, 6.07) is 34.7. The first-order valence-electron chi connectivity index (χ1n) is 40.0. The molecule has 8 rings (SSSR count). The molecular formula is C94H122Cl2S4. The predicted molar refractivity (Wildman–Crippen MR) is 451 cm³/mol. The molecule has 0 aliphatic rings. The van der Waals surface area contributed by atoms with Gasteiger partial charge in [-0.25, -0.2) is 0 Å². The van der Waals surface area contributed by atoms with Crippen molar-refractivity contribution in [3.05, 3.63) is 180 Å². The van der Waals surface area contributed by atoms with E-state index in [1.165, 1.54) is 299 Å². The van der Waals surface area contributed by atoms with Crippen LogP contribution in [0.1, 0.15) is 358 Å². The molecule has 0 unspecified atom stereocenters. The monoisotopic (exact) mass is 1450 g/mol. The normalized spacial score (nSPS) is 11.0. The summed E-state index contributed by atoms with van der Waals surface area (Å²) < 4.78 is 1.64. The molecule has 536 valence electrons. The second kappa shape index (κ2) is 50.4. The fraction of sp³-hybridized carbons (Fsp3) is 0.532. The van der Waals surface area contributed by atoms with Crippen LogP contribution in [0.25, 0.3) is 21.5 Å². The van der Waals surface area contributed by atoms with Crippen LogP contribution in [0.3, 0.4) is 0 Å². The van der Waals surface area contributed by atoms with Crippen molar-refractivity contribution >= 4 is 90.1 Å². The van der Waals surface area contributed by atoms with Gasteiger partial charge >= 0.3 is 0 Å². The molecule has 0 bridgehead atoms. The fourth-order valence-corrected chi connectivity index (χ4v) is 18.0. The molecule has 100 heavy (non-hydrogen) atoms. The number of unbranched alkanes of at least 4 members (excludes halogenated alkanes) is 36. The van der Waals surface area contributed by atoms with Gasteiger partial charge < -0.3 is 0 Å². The summed E-state index contributed by atoms with van der Waals surface area (Å²) in [5.41, 5.74) is 9.70. The first-order valence-corrected chi connectivity index (χ1v) is 44.1. The Bertz CT molecular complexity index is 3540. The van der Waals surface area contributed by atoms with Crippen LogP contribution in [-0.4, -0.2) is 0 Å². The van der Waals surface area contributed by atoms with E-state index in [0.29, 0.717) is 0 Å². The van der Waals surface area contributed by atoms with Gasteiger partial charge in [-0.2, -0.15) is 0 Å². The number of benzene rings is 4. The van der Waals surface area contributed by atoms with Crippen LogP contribution in [0.15, 0.2) is 97.1 Å². The largest absolute Gasteiger partial charge is 0.132 e. The zero-order valence-corrected chi connectivity index (χ0v) is 67.5. The van der Waals surface area contributed by atoms with Crippen molar-refractivity contribution in [2.45, 2.75) is 324 Å². The molecule has 0 fully saturated rings. The second-order valence-corrected chi connectivity index (χ2v) is 34.3. The summed E-state index contributed by atoms with van der Waals surface area (Å²) >= 11 is 20.1. The molecule has 0 aliphatic carbocycles. The third kappa shape index (κ3) is 31.1. The molecule has 0 nitrogen and oxygen atoms in total. The van der Waals surface area contributed by atoms with Crippen LogP contribution in [0, 0.1) is 61.2 Å². The smallest absolute Gasteiger partial charge is 0.0944 e. The van der Waals surface area contributed by atoms with E-state index in [1.54, 1.807) is 22.7 Å². The molecule has 0 aliphatic heterocycles. The standard InChI is InChI=1S/C50H60Cl2S2.C44H62S2/c1-3-5-7-9-11-13-15-17-19-21-27-39-37-49(51)53-47(39)35-33-45-41-29-23-25-31-43(41)46(44-32-26-24-30-42(44)45)34-36-48-40(38-50(52)54-48)28-22-20-18-16-14-12-10-8-6-4-2;1-5-7-9-11-13-15-17-19-21-23-25-41-35-37(3)45-43(41)33-31-39-27-29-40(30-28-39)32-34-44-42(36-38(4)46-44)26-24-22-20-18-16-14-12-10-8-6-2/h23-26,29-32,37-38H,3-22,27-28H2,1-2H3;27-30,35-36H,5-26H2,1-4H3. The predicted octanol–water partition coefficient (Wildman–Crippen LogP) is 31.3. The highest BCUT2D eigenvalue weighted by atomic mass is 35.5. The zero-order valence-electron chi connectivity index (χ0n) is 62.7. The van der Waals surface area contributed by atoms with Gasteiger partial charge in [-0.05, 0) is 158 Å². The molecule has 0 atom stereocenters. The highest BCUT2D eigenvalue weighted by Gasteiger charge is 2.15. The van der Waals surface area contributed by atoms with Gasteiger partial charge in [-0.15, -0.1) is 45.3 Å². The summed E-state index contributed by atoms with van der Waals surface area (Å²) in [5.74, 6) is 28.3. The number of fused-ring (bicyclic) bond motifs is 2. The average molecular weight is 1450 g/mol. The number of halogens is 2. The molecule has 4 heterocycles. The van der Waals surface area contributed by atoms with Crippen molar-refractivity contribution < 1.29 is 0 Å². The summed E-state index contributed by atoms with van der Waals surface area (Å²) in [5, 5.41) is 4.56.